The standard InChI is InChI=1S/C15H18ClN3O4/c1-8(7-23-3)19-13(9(2)17-15(21)22)18-11-6-4-5-10(16)12(11)14(19)20/h4-6,8-9,17H,7H2,1-3H3,(H,21,22)/t8?,9-/m0/s1. The van der Waals surface area contributed by atoms with Crippen molar-refractivity contribution in [3.63, 3.8) is 0 Å². The van der Waals surface area contributed by atoms with E-state index in [9.17, 15) is 9.59 Å². The fourth-order valence-corrected chi connectivity index (χ4v) is 2.77. The van der Waals surface area contributed by atoms with Crippen molar-refractivity contribution in [2.45, 2.75) is 25.9 Å². The van der Waals surface area contributed by atoms with Gasteiger partial charge in [-0.2, -0.15) is 0 Å². The molecule has 0 bridgehead atoms. The maximum Gasteiger partial charge on any atom is 0.405 e. The molecule has 0 saturated heterocycles. The van der Waals surface area contributed by atoms with Gasteiger partial charge in [0.05, 0.1) is 34.6 Å². The third-order valence-corrected chi connectivity index (χ3v) is 3.80. The Balaban J connectivity index is 2.75. The summed E-state index contributed by atoms with van der Waals surface area (Å²) in [6, 6.07) is 4.00. The minimum absolute atomic E-state index is 0.282. The highest BCUT2D eigenvalue weighted by molar-refractivity contribution is 6.35. The van der Waals surface area contributed by atoms with Gasteiger partial charge in [-0.15, -0.1) is 0 Å². The van der Waals surface area contributed by atoms with Gasteiger partial charge in [0, 0.05) is 7.11 Å². The van der Waals surface area contributed by atoms with Crippen LogP contribution in [-0.4, -0.2) is 34.5 Å². The predicted molar refractivity (Wildman–Crippen MR) is 87.2 cm³/mol. The molecule has 23 heavy (non-hydrogen) atoms. The number of methoxy groups -OCH3 is 1. The van der Waals surface area contributed by atoms with Gasteiger partial charge in [-0.25, -0.2) is 9.78 Å². The van der Waals surface area contributed by atoms with Gasteiger partial charge in [-0.05, 0) is 26.0 Å². The lowest BCUT2D eigenvalue weighted by atomic mass is 10.2. The molecule has 2 N–H and O–H groups in total. The maximum absolute atomic E-state index is 12.9. The molecule has 2 aromatic rings. The van der Waals surface area contributed by atoms with Gasteiger partial charge in [-0.1, -0.05) is 17.7 Å². The summed E-state index contributed by atoms with van der Waals surface area (Å²) in [5.41, 5.74) is 0.108. The quantitative estimate of drug-likeness (QED) is 0.873. The largest absolute Gasteiger partial charge is 0.465 e. The van der Waals surface area contributed by atoms with Crippen molar-refractivity contribution in [2.75, 3.05) is 13.7 Å². The Morgan fingerprint density at radius 1 is 1.48 bits per heavy atom. The number of halogens is 1. The van der Waals surface area contributed by atoms with Gasteiger partial charge in [0.25, 0.3) is 5.56 Å². The van der Waals surface area contributed by atoms with Crippen LogP contribution in [0.15, 0.2) is 23.0 Å². The van der Waals surface area contributed by atoms with Crippen LogP contribution in [0.1, 0.15) is 31.8 Å². The Morgan fingerprint density at radius 2 is 2.17 bits per heavy atom. The fraction of sp³-hybridized carbons (Fsp3) is 0.400. The zero-order valence-electron chi connectivity index (χ0n) is 13.0. The Hall–Kier alpha value is -2.12. The molecule has 2 atom stereocenters. The Labute approximate surface area is 137 Å². The number of nitrogens with one attached hydrogen (secondary N) is 1. The molecule has 1 heterocycles. The van der Waals surface area contributed by atoms with E-state index < -0.39 is 12.1 Å². The van der Waals surface area contributed by atoms with Crippen molar-refractivity contribution in [2.24, 2.45) is 0 Å². The number of nitrogens with zero attached hydrogens (tertiary/aromatic N) is 2. The third kappa shape index (κ3) is 3.46. The minimum atomic E-state index is -1.19. The second-order valence-corrected chi connectivity index (χ2v) is 5.66. The minimum Gasteiger partial charge on any atom is -0.465 e. The van der Waals surface area contributed by atoms with Crippen LogP contribution >= 0.6 is 11.6 Å². The maximum atomic E-state index is 12.9. The average molecular weight is 340 g/mol. The summed E-state index contributed by atoms with van der Waals surface area (Å²) in [4.78, 5) is 28.3. The van der Waals surface area contributed by atoms with Crippen LogP contribution < -0.4 is 10.9 Å². The molecule has 1 aromatic carbocycles. The first kappa shape index (κ1) is 17.2. The first-order valence-corrected chi connectivity index (χ1v) is 7.43. The van der Waals surface area contributed by atoms with Crippen LogP contribution in [0.2, 0.25) is 5.02 Å². The molecule has 0 aliphatic carbocycles. The third-order valence-electron chi connectivity index (χ3n) is 3.48. The van der Waals surface area contributed by atoms with Gasteiger partial charge in [0.2, 0.25) is 0 Å². The molecule has 7 nitrogen and oxygen atoms in total. The van der Waals surface area contributed by atoms with Crippen molar-refractivity contribution >= 4 is 28.6 Å². The van der Waals surface area contributed by atoms with E-state index in [1.54, 1.807) is 32.0 Å². The molecule has 0 fully saturated rings. The smallest absolute Gasteiger partial charge is 0.405 e. The number of ether oxygens (including phenoxy) is 1. The predicted octanol–water partition coefficient (Wildman–Crippen LogP) is 2.59. The summed E-state index contributed by atoms with van der Waals surface area (Å²) < 4.78 is 6.54. The van der Waals surface area contributed by atoms with Gasteiger partial charge in [0.1, 0.15) is 5.82 Å². The molecule has 0 aliphatic rings. The van der Waals surface area contributed by atoms with Gasteiger partial charge in [0.15, 0.2) is 0 Å². The summed E-state index contributed by atoms with van der Waals surface area (Å²) in [5, 5.41) is 11.9. The first-order chi connectivity index (χ1) is 10.9. The van der Waals surface area contributed by atoms with E-state index in [2.05, 4.69) is 10.3 Å². The van der Waals surface area contributed by atoms with Crippen molar-refractivity contribution in [3.8, 4) is 0 Å². The number of hydrogen-bond donors (Lipinski definition) is 2. The molecule has 2 rings (SSSR count). The Kier molecular flexibility index (Phi) is 5.23. The van der Waals surface area contributed by atoms with Gasteiger partial charge >= 0.3 is 6.09 Å². The monoisotopic (exact) mass is 339 g/mol. The van der Waals surface area contributed by atoms with E-state index in [-0.39, 0.29) is 18.2 Å². The molecule has 0 saturated carbocycles. The van der Waals surface area contributed by atoms with Crippen molar-refractivity contribution < 1.29 is 14.6 Å². The number of carbonyl (C=O) groups is 1. The molecule has 0 radical (unpaired) electrons. The van der Waals surface area contributed by atoms with E-state index in [4.69, 9.17) is 21.4 Å². The van der Waals surface area contributed by atoms with E-state index in [0.717, 1.165) is 0 Å². The Bertz CT molecular complexity index is 790. The second-order valence-electron chi connectivity index (χ2n) is 5.25. The molecule has 1 unspecified atom stereocenters. The topological polar surface area (TPSA) is 93.4 Å². The highest BCUT2D eigenvalue weighted by atomic mass is 35.5. The normalized spacial score (nSPS) is 13.7. The molecule has 8 heteroatoms. The van der Waals surface area contributed by atoms with Gasteiger partial charge < -0.3 is 15.2 Å². The van der Waals surface area contributed by atoms with Crippen LogP contribution in [0.25, 0.3) is 10.9 Å². The van der Waals surface area contributed by atoms with Crippen LogP contribution in [0.4, 0.5) is 4.79 Å². The number of fused-ring (bicyclic) bond motifs is 1. The van der Waals surface area contributed by atoms with Crippen molar-refractivity contribution in [1.29, 1.82) is 0 Å². The molecule has 124 valence electrons. The molecule has 1 amide bonds. The van der Waals surface area contributed by atoms with Crippen molar-refractivity contribution in [3.05, 3.63) is 39.4 Å². The van der Waals surface area contributed by atoms with Gasteiger partial charge in [-0.3, -0.25) is 9.36 Å². The number of amides is 1. The number of hydrogen-bond acceptors (Lipinski definition) is 4. The Morgan fingerprint density at radius 3 is 2.78 bits per heavy atom. The summed E-state index contributed by atoms with van der Waals surface area (Å²) in [5.74, 6) is 0.316. The lowest BCUT2D eigenvalue weighted by Gasteiger charge is -2.22. The molecule has 1 aromatic heterocycles. The molecule has 0 aliphatic heterocycles. The highest BCUT2D eigenvalue weighted by Crippen LogP contribution is 2.22. The van der Waals surface area contributed by atoms with Crippen LogP contribution in [-0.2, 0) is 4.74 Å². The summed E-state index contributed by atoms with van der Waals surface area (Å²) in [7, 11) is 1.53. The molecular weight excluding hydrogens is 322 g/mol. The number of carboxylic acid groups (broad SMARTS) is 1. The molecule has 0 spiro atoms. The van der Waals surface area contributed by atoms with E-state index in [1.165, 1.54) is 11.7 Å². The number of aromatic nitrogens is 2. The second kappa shape index (κ2) is 6.97. The zero-order valence-corrected chi connectivity index (χ0v) is 13.8. The summed E-state index contributed by atoms with van der Waals surface area (Å²) >= 11 is 6.14. The SMILES string of the molecule is COCC(C)n1c([C@H](C)NC(=O)O)nc2cccc(Cl)c2c1=O. The van der Waals surface area contributed by atoms with E-state index >= 15 is 0 Å². The van der Waals surface area contributed by atoms with E-state index in [1.807, 2.05) is 0 Å². The van der Waals surface area contributed by atoms with Crippen LogP contribution in [0.5, 0.6) is 0 Å². The summed E-state index contributed by atoms with van der Waals surface area (Å²) in [6.45, 7) is 3.71. The number of benzene rings is 1. The van der Waals surface area contributed by atoms with Crippen LogP contribution in [0, 0.1) is 0 Å². The van der Waals surface area contributed by atoms with Crippen molar-refractivity contribution in [1.82, 2.24) is 14.9 Å². The molecular formula is C15H18ClN3O4. The lowest BCUT2D eigenvalue weighted by molar-refractivity contribution is 0.157. The first-order valence-electron chi connectivity index (χ1n) is 7.05. The number of rotatable bonds is 5. The zero-order chi connectivity index (χ0) is 17.1. The van der Waals surface area contributed by atoms with E-state index in [0.29, 0.717) is 21.7 Å². The average Bonchev–Trinajstić information content (AvgIpc) is 2.46. The highest BCUT2D eigenvalue weighted by Gasteiger charge is 2.22. The summed E-state index contributed by atoms with van der Waals surface area (Å²) in [6.07, 6.45) is -1.19. The fourth-order valence-electron chi connectivity index (χ4n) is 2.52. The van der Waals surface area contributed by atoms with Crippen LogP contribution in [0.3, 0.4) is 0 Å². The lowest BCUT2D eigenvalue weighted by Crippen LogP contribution is -2.35.